The molecule has 3 N–H and O–H groups in total. The van der Waals surface area contributed by atoms with Crippen LogP contribution in [-0.4, -0.2) is 49.2 Å². The molecule has 23 heavy (non-hydrogen) atoms. The van der Waals surface area contributed by atoms with E-state index in [-0.39, 0.29) is 42.8 Å². The summed E-state index contributed by atoms with van der Waals surface area (Å²) in [6.07, 6.45) is 0. The number of nitrogens with zero attached hydrogens (tertiary/aromatic N) is 1. The van der Waals surface area contributed by atoms with Crippen molar-refractivity contribution in [3.05, 3.63) is 35.9 Å². The molecule has 0 spiro atoms. The number of nitrogens with two attached hydrogens (primary N) is 1. The standard InChI is InChI=1S/C16H25N3O2.2ClH/c1-12(13(2)19-8-10-21-11-9-19)18-16(20)15(17)14-6-4-3-5-7-14;;/h3-7,12-13,15H,8-11,17H2,1-2H3,(H,18,20);2*1H. The van der Waals surface area contributed by atoms with Crippen molar-refractivity contribution in [3.63, 3.8) is 0 Å². The Morgan fingerprint density at radius 1 is 1.17 bits per heavy atom. The van der Waals surface area contributed by atoms with Crippen molar-refractivity contribution in [2.45, 2.75) is 32.0 Å². The predicted octanol–water partition coefficient (Wildman–Crippen LogP) is 1.76. The summed E-state index contributed by atoms with van der Waals surface area (Å²) < 4.78 is 5.36. The third kappa shape index (κ3) is 6.28. The van der Waals surface area contributed by atoms with Crippen LogP contribution in [0.3, 0.4) is 0 Å². The Bertz CT molecular complexity index is 456. The SMILES string of the molecule is CC(NC(=O)C(N)c1ccccc1)C(C)N1CCOCC1.Cl.Cl. The molecule has 1 aliphatic rings. The predicted molar refractivity (Wildman–Crippen MR) is 97.3 cm³/mol. The van der Waals surface area contributed by atoms with Gasteiger partial charge >= 0.3 is 0 Å². The molecule has 132 valence electrons. The van der Waals surface area contributed by atoms with Gasteiger partial charge in [-0.15, -0.1) is 24.8 Å². The molecule has 1 saturated heterocycles. The van der Waals surface area contributed by atoms with E-state index in [1.807, 2.05) is 37.3 Å². The number of rotatable bonds is 5. The van der Waals surface area contributed by atoms with Gasteiger partial charge in [0, 0.05) is 25.2 Å². The van der Waals surface area contributed by atoms with E-state index < -0.39 is 6.04 Å². The number of benzene rings is 1. The van der Waals surface area contributed by atoms with E-state index >= 15 is 0 Å². The van der Waals surface area contributed by atoms with Gasteiger partial charge in [0.15, 0.2) is 0 Å². The van der Waals surface area contributed by atoms with Gasteiger partial charge in [0.2, 0.25) is 5.91 Å². The third-order valence-electron chi connectivity index (χ3n) is 4.16. The Labute approximate surface area is 150 Å². The van der Waals surface area contributed by atoms with Gasteiger partial charge in [-0.05, 0) is 19.4 Å². The lowest BCUT2D eigenvalue weighted by Gasteiger charge is -2.36. The first-order valence-electron chi connectivity index (χ1n) is 7.52. The minimum absolute atomic E-state index is 0. The molecule has 0 aliphatic carbocycles. The number of morpholine rings is 1. The van der Waals surface area contributed by atoms with Gasteiger partial charge in [-0.2, -0.15) is 0 Å². The van der Waals surface area contributed by atoms with E-state index in [0.717, 1.165) is 31.9 Å². The summed E-state index contributed by atoms with van der Waals surface area (Å²) in [5.74, 6) is -0.131. The molecule has 3 atom stereocenters. The first-order valence-corrected chi connectivity index (χ1v) is 7.52. The average molecular weight is 364 g/mol. The Morgan fingerprint density at radius 3 is 2.30 bits per heavy atom. The Hall–Kier alpha value is -0.850. The van der Waals surface area contributed by atoms with Gasteiger partial charge < -0.3 is 15.8 Å². The van der Waals surface area contributed by atoms with E-state index in [4.69, 9.17) is 10.5 Å². The molecule has 0 radical (unpaired) electrons. The molecule has 1 fully saturated rings. The summed E-state index contributed by atoms with van der Waals surface area (Å²) >= 11 is 0. The number of amides is 1. The molecular weight excluding hydrogens is 337 g/mol. The van der Waals surface area contributed by atoms with Crippen LogP contribution in [0.4, 0.5) is 0 Å². The summed E-state index contributed by atoms with van der Waals surface area (Å²) in [4.78, 5) is 14.6. The fourth-order valence-corrected chi connectivity index (χ4v) is 2.55. The topological polar surface area (TPSA) is 67.6 Å². The Kier molecular flexibility index (Phi) is 10.4. The number of nitrogens with one attached hydrogen (secondary N) is 1. The van der Waals surface area contributed by atoms with Gasteiger partial charge in [-0.1, -0.05) is 30.3 Å². The molecule has 2 rings (SSSR count). The Morgan fingerprint density at radius 2 is 1.74 bits per heavy atom. The fraction of sp³-hybridized carbons (Fsp3) is 0.562. The van der Waals surface area contributed by atoms with E-state index in [0.29, 0.717) is 0 Å². The van der Waals surface area contributed by atoms with Crippen molar-refractivity contribution in [2.24, 2.45) is 5.73 Å². The molecule has 1 amide bonds. The third-order valence-corrected chi connectivity index (χ3v) is 4.16. The highest BCUT2D eigenvalue weighted by molar-refractivity contribution is 5.85. The highest BCUT2D eigenvalue weighted by atomic mass is 35.5. The summed E-state index contributed by atoms with van der Waals surface area (Å²) in [6.45, 7) is 7.49. The zero-order valence-corrected chi connectivity index (χ0v) is 15.2. The minimum atomic E-state index is -0.620. The van der Waals surface area contributed by atoms with Gasteiger partial charge in [0.1, 0.15) is 6.04 Å². The summed E-state index contributed by atoms with van der Waals surface area (Å²) in [6, 6.07) is 9.14. The van der Waals surface area contributed by atoms with Gasteiger partial charge in [0.25, 0.3) is 0 Å². The largest absolute Gasteiger partial charge is 0.379 e. The van der Waals surface area contributed by atoms with Crippen LogP contribution in [-0.2, 0) is 9.53 Å². The lowest BCUT2D eigenvalue weighted by molar-refractivity contribution is -0.123. The van der Waals surface area contributed by atoms with Gasteiger partial charge in [-0.25, -0.2) is 0 Å². The molecule has 0 saturated carbocycles. The first-order chi connectivity index (χ1) is 10.1. The monoisotopic (exact) mass is 363 g/mol. The van der Waals surface area contributed by atoms with Crippen LogP contribution in [0.1, 0.15) is 25.5 Å². The second kappa shape index (κ2) is 10.8. The van der Waals surface area contributed by atoms with Crippen molar-refractivity contribution in [1.82, 2.24) is 10.2 Å². The molecule has 7 heteroatoms. The fourth-order valence-electron chi connectivity index (χ4n) is 2.55. The number of halogens is 2. The summed E-state index contributed by atoms with van der Waals surface area (Å²) in [7, 11) is 0. The lowest BCUT2D eigenvalue weighted by Crippen LogP contribution is -2.53. The second-order valence-electron chi connectivity index (χ2n) is 5.57. The van der Waals surface area contributed by atoms with Crippen LogP contribution in [0.2, 0.25) is 0 Å². The van der Waals surface area contributed by atoms with Gasteiger partial charge in [0.05, 0.1) is 13.2 Å². The van der Waals surface area contributed by atoms with Crippen LogP contribution in [0.15, 0.2) is 30.3 Å². The molecule has 1 aromatic rings. The average Bonchev–Trinajstić information content (AvgIpc) is 2.55. The quantitative estimate of drug-likeness (QED) is 0.836. The number of carbonyl (C=O) groups is 1. The maximum Gasteiger partial charge on any atom is 0.241 e. The molecule has 5 nitrogen and oxygen atoms in total. The molecule has 1 aliphatic heterocycles. The second-order valence-corrected chi connectivity index (χ2v) is 5.57. The van der Waals surface area contributed by atoms with Crippen LogP contribution in [0.5, 0.6) is 0 Å². The molecule has 1 aromatic carbocycles. The van der Waals surface area contributed by atoms with Crippen LogP contribution < -0.4 is 11.1 Å². The van der Waals surface area contributed by atoms with E-state index in [9.17, 15) is 4.79 Å². The smallest absolute Gasteiger partial charge is 0.241 e. The highest BCUT2D eigenvalue weighted by Crippen LogP contribution is 2.12. The van der Waals surface area contributed by atoms with E-state index in [1.165, 1.54) is 0 Å². The molecular formula is C16H27Cl2N3O2. The van der Waals surface area contributed by atoms with Crippen molar-refractivity contribution < 1.29 is 9.53 Å². The molecule has 3 unspecified atom stereocenters. The van der Waals surface area contributed by atoms with Crippen molar-refractivity contribution in [1.29, 1.82) is 0 Å². The van der Waals surface area contributed by atoms with Crippen molar-refractivity contribution in [2.75, 3.05) is 26.3 Å². The van der Waals surface area contributed by atoms with E-state index in [1.54, 1.807) is 0 Å². The van der Waals surface area contributed by atoms with Crippen LogP contribution >= 0.6 is 24.8 Å². The molecule has 0 aromatic heterocycles. The van der Waals surface area contributed by atoms with Crippen LogP contribution in [0, 0.1) is 0 Å². The lowest BCUT2D eigenvalue weighted by atomic mass is 10.1. The van der Waals surface area contributed by atoms with E-state index in [2.05, 4.69) is 17.1 Å². The summed E-state index contributed by atoms with van der Waals surface area (Å²) in [5, 5.41) is 3.03. The number of hydrogen-bond acceptors (Lipinski definition) is 4. The maximum absolute atomic E-state index is 12.3. The first kappa shape index (κ1) is 22.1. The molecule has 0 bridgehead atoms. The number of ether oxygens (including phenoxy) is 1. The van der Waals surface area contributed by atoms with Crippen molar-refractivity contribution >= 4 is 30.7 Å². The molecule has 1 heterocycles. The number of hydrogen-bond donors (Lipinski definition) is 2. The Balaban J connectivity index is 0.00000242. The normalized spacial score (nSPS) is 18.7. The van der Waals surface area contributed by atoms with Gasteiger partial charge in [-0.3, -0.25) is 9.69 Å². The maximum atomic E-state index is 12.3. The van der Waals surface area contributed by atoms with Crippen molar-refractivity contribution in [3.8, 4) is 0 Å². The minimum Gasteiger partial charge on any atom is -0.379 e. The van der Waals surface area contributed by atoms with Crippen LogP contribution in [0.25, 0.3) is 0 Å². The summed E-state index contributed by atoms with van der Waals surface area (Å²) in [5.41, 5.74) is 6.85. The zero-order chi connectivity index (χ0) is 15.2. The zero-order valence-electron chi connectivity index (χ0n) is 13.6. The highest BCUT2D eigenvalue weighted by Gasteiger charge is 2.25. The number of carbonyl (C=O) groups excluding carboxylic acids is 1.